The van der Waals surface area contributed by atoms with Crippen LogP contribution in [0.1, 0.15) is 33.6 Å². The maximum atomic E-state index is 9.41. The highest BCUT2D eigenvalue weighted by atomic mass is 16.5. The molecule has 1 aliphatic heterocycles. The molecule has 0 spiro atoms. The standard InChI is InChI=1S/C15H26N2O2.C3H4/c1-3-4-15(18)17-11-5-13(2)8-12-19-14-6-9-16-10-7-14;1-3-2/h3-5,8,11,14-18H,6-7,9-10,12H2,1-2H3;1H,2H3/b4-3+,11-5-,13-8+;. The molecule has 0 radical (unpaired) electrons. The fourth-order valence-electron chi connectivity index (χ4n) is 1.86. The van der Waals surface area contributed by atoms with Crippen molar-refractivity contribution >= 4 is 0 Å². The van der Waals surface area contributed by atoms with Gasteiger partial charge in [-0.05, 0) is 65.1 Å². The van der Waals surface area contributed by atoms with E-state index >= 15 is 0 Å². The second-order valence-electron chi connectivity index (χ2n) is 4.99. The van der Waals surface area contributed by atoms with Crippen LogP contribution in [0.15, 0.2) is 36.1 Å². The Morgan fingerprint density at radius 2 is 2.14 bits per heavy atom. The van der Waals surface area contributed by atoms with Gasteiger partial charge in [0.05, 0.1) is 12.7 Å². The largest absolute Gasteiger partial charge is 0.374 e. The molecule has 4 nitrogen and oxygen atoms in total. The summed E-state index contributed by atoms with van der Waals surface area (Å²) in [6.45, 7) is 8.31. The molecule has 1 saturated heterocycles. The number of aliphatic hydroxyl groups excluding tert-OH is 1. The van der Waals surface area contributed by atoms with E-state index < -0.39 is 6.23 Å². The molecule has 0 aromatic heterocycles. The topological polar surface area (TPSA) is 53.5 Å². The number of hydrogen-bond acceptors (Lipinski definition) is 4. The van der Waals surface area contributed by atoms with Crippen molar-refractivity contribution in [1.82, 2.24) is 10.6 Å². The molecule has 1 fully saturated rings. The van der Waals surface area contributed by atoms with Gasteiger partial charge >= 0.3 is 0 Å². The van der Waals surface area contributed by atoms with Crippen LogP contribution in [0, 0.1) is 12.3 Å². The second kappa shape index (κ2) is 14.4. The van der Waals surface area contributed by atoms with Crippen LogP contribution < -0.4 is 10.6 Å². The number of rotatable bonds is 7. The third-order valence-corrected chi connectivity index (χ3v) is 3.01. The van der Waals surface area contributed by atoms with E-state index in [0.717, 1.165) is 31.5 Å². The Morgan fingerprint density at radius 3 is 2.73 bits per heavy atom. The summed E-state index contributed by atoms with van der Waals surface area (Å²) in [5.41, 5.74) is 1.12. The maximum Gasteiger partial charge on any atom is 0.143 e. The molecule has 1 atom stereocenters. The van der Waals surface area contributed by atoms with Crippen molar-refractivity contribution in [2.24, 2.45) is 0 Å². The van der Waals surface area contributed by atoms with Gasteiger partial charge in [-0.1, -0.05) is 17.7 Å². The van der Waals surface area contributed by atoms with Gasteiger partial charge in [0.2, 0.25) is 0 Å². The lowest BCUT2D eigenvalue weighted by Crippen LogP contribution is -2.32. The minimum Gasteiger partial charge on any atom is -0.374 e. The van der Waals surface area contributed by atoms with Crippen molar-refractivity contribution in [3.63, 3.8) is 0 Å². The average Bonchev–Trinajstić information content (AvgIpc) is 2.49. The molecular formula is C18H30N2O2. The maximum absolute atomic E-state index is 9.41. The first-order valence-corrected chi connectivity index (χ1v) is 7.74. The predicted molar refractivity (Wildman–Crippen MR) is 93.2 cm³/mol. The molecule has 0 aliphatic carbocycles. The Kier molecular flexibility index (Phi) is 13.4. The molecule has 1 rings (SSSR count). The van der Waals surface area contributed by atoms with Gasteiger partial charge in [-0.15, -0.1) is 12.3 Å². The van der Waals surface area contributed by atoms with Gasteiger partial charge in [0.15, 0.2) is 0 Å². The van der Waals surface area contributed by atoms with Crippen LogP contribution in [0.5, 0.6) is 0 Å². The van der Waals surface area contributed by atoms with Crippen molar-refractivity contribution in [2.75, 3.05) is 19.7 Å². The molecular weight excluding hydrogens is 276 g/mol. The summed E-state index contributed by atoms with van der Waals surface area (Å²) in [4.78, 5) is 0. The Hall–Kier alpha value is -1.54. The van der Waals surface area contributed by atoms with Crippen LogP contribution >= 0.6 is 0 Å². The van der Waals surface area contributed by atoms with E-state index in [2.05, 4.69) is 29.1 Å². The van der Waals surface area contributed by atoms with E-state index in [1.165, 1.54) is 0 Å². The number of nitrogens with one attached hydrogen (secondary N) is 2. The minimum absolute atomic E-state index is 0.393. The number of terminal acetylenes is 1. The fraction of sp³-hybridized carbons (Fsp3) is 0.556. The van der Waals surface area contributed by atoms with Crippen LogP contribution in [0.25, 0.3) is 0 Å². The summed E-state index contributed by atoms with van der Waals surface area (Å²) in [5.74, 6) is 2.25. The molecule has 1 aliphatic rings. The molecule has 124 valence electrons. The highest BCUT2D eigenvalue weighted by molar-refractivity contribution is 5.15. The lowest BCUT2D eigenvalue weighted by atomic mass is 10.1. The van der Waals surface area contributed by atoms with Gasteiger partial charge in [0, 0.05) is 0 Å². The third kappa shape index (κ3) is 12.2. The number of aliphatic hydroxyl groups is 1. The summed E-state index contributed by atoms with van der Waals surface area (Å²) >= 11 is 0. The van der Waals surface area contributed by atoms with Gasteiger partial charge < -0.3 is 20.5 Å². The average molecular weight is 306 g/mol. The molecule has 0 aromatic carbocycles. The molecule has 0 bridgehead atoms. The van der Waals surface area contributed by atoms with Crippen molar-refractivity contribution < 1.29 is 9.84 Å². The van der Waals surface area contributed by atoms with Crippen molar-refractivity contribution in [2.45, 2.75) is 45.9 Å². The van der Waals surface area contributed by atoms with Crippen molar-refractivity contribution in [3.8, 4) is 12.3 Å². The van der Waals surface area contributed by atoms with Gasteiger partial charge in [0.25, 0.3) is 0 Å². The first-order valence-electron chi connectivity index (χ1n) is 7.74. The van der Waals surface area contributed by atoms with E-state index in [1.54, 1.807) is 25.3 Å². The predicted octanol–water partition coefficient (Wildman–Crippen LogP) is 2.34. The summed E-state index contributed by atoms with van der Waals surface area (Å²) in [6, 6.07) is 0. The van der Waals surface area contributed by atoms with Crippen LogP contribution in [-0.4, -0.2) is 37.1 Å². The van der Waals surface area contributed by atoms with Crippen LogP contribution in [0.4, 0.5) is 0 Å². The Labute approximate surface area is 135 Å². The highest BCUT2D eigenvalue weighted by Crippen LogP contribution is 2.07. The quantitative estimate of drug-likeness (QED) is 0.292. The second-order valence-corrected chi connectivity index (χ2v) is 4.99. The Bertz CT molecular complexity index is 388. The van der Waals surface area contributed by atoms with Crippen LogP contribution in [0.2, 0.25) is 0 Å². The number of allylic oxidation sites excluding steroid dienone is 3. The van der Waals surface area contributed by atoms with Gasteiger partial charge in [0.1, 0.15) is 6.23 Å². The molecule has 1 unspecified atom stereocenters. The van der Waals surface area contributed by atoms with E-state index in [0.29, 0.717) is 12.7 Å². The van der Waals surface area contributed by atoms with Crippen LogP contribution in [0.3, 0.4) is 0 Å². The van der Waals surface area contributed by atoms with E-state index in [-0.39, 0.29) is 0 Å². The summed E-state index contributed by atoms with van der Waals surface area (Å²) in [7, 11) is 0. The van der Waals surface area contributed by atoms with Gasteiger partial charge in [-0.25, -0.2) is 0 Å². The van der Waals surface area contributed by atoms with Crippen molar-refractivity contribution in [1.29, 1.82) is 0 Å². The Balaban J connectivity index is 0.00000135. The number of ether oxygens (including phenoxy) is 1. The third-order valence-electron chi connectivity index (χ3n) is 3.01. The lowest BCUT2D eigenvalue weighted by Gasteiger charge is -2.22. The molecule has 3 N–H and O–H groups in total. The first kappa shape index (κ1) is 20.5. The van der Waals surface area contributed by atoms with E-state index in [4.69, 9.17) is 4.74 Å². The minimum atomic E-state index is -0.625. The van der Waals surface area contributed by atoms with E-state index in [9.17, 15) is 5.11 Å². The number of piperidine rings is 1. The van der Waals surface area contributed by atoms with Crippen LogP contribution in [-0.2, 0) is 4.74 Å². The summed E-state index contributed by atoms with van der Waals surface area (Å²) in [5, 5.41) is 15.6. The van der Waals surface area contributed by atoms with E-state index in [1.807, 2.05) is 19.9 Å². The van der Waals surface area contributed by atoms with Crippen molar-refractivity contribution in [3.05, 3.63) is 36.1 Å². The zero-order valence-corrected chi connectivity index (χ0v) is 14.0. The van der Waals surface area contributed by atoms with Gasteiger partial charge in [-0.3, -0.25) is 0 Å². The van der Waals surface area contributed by atoms with Gasteiger partial charge in [-0.2, -0.15) is 0 Å². The molecule has 1 heterocycles. The SMILES string of the molecule is C#CC.C/C=C/C(O)N/C=C\C(C)=C\COC1CCNCC1. The zero-order valence-electron chi connectivity index (χ0n) is 14.0. The Morgan fingerprint density at radius 1 is 1.50 bits per heavy atom. The monoisotopic (exact) mass is 306 g/mol. The molecule has 4 heteroatoms. The summed E-state index contributed by atoms with van der Waals surface area (Å²) < 4.78 is 5.79. The first-order chi connectivity index (χ1) is 10.6. The summed E-state index contributed by atoms with van der Waals surface area (Å²) in [6.07, 6.45) is 15.8. The fourth-order valence-corrected chi connectivity index (χ4v) is 1.86. The zero-order chi connectivity index (χ0) is 16.6. The molecule has 0 amide bonds. The molecule has 0 aromatic rings. The molecule has 0 saturated carbocycles. The highest BCUT2D eigenvalue weighted by Gasteiger charge is 2.11. The molecule has 22 heavy (non-hydrogen) atoms. The lowest BCUT2D eigenvalue weighted by molar-refractivity contribution is 0.0513. The smallest absolute Gasteiger partial charge is 0.143 e. The number of hydrogen-bond donors (Lipinski definition) is 3. The normalized spacial score (nSPS) is 17.9.